The maximum Gasteiger partial charge on any atom is 0.165 e. The second-order valence-corrected chi connectivity index (χ2v) is 4.69. The van der Waals surface area contributed by atoms with E-state index in [2.05, 4.69) is 11.6 Å². The second kappa shape index (κ2) is 7.40. The Balaban J connectivity index is 2.65. The molecule has 0 heterocycles. The highest BCUT2D eigenvalue weighted by Crippen LogP contribution is 2.22. The van der Waals surface area contributed by atoms with Crippen LogP contribution >= 0.6 is 11.8 Å². The van der Waals surface area contributed by atoms with Crippen LogP contribution in [0.25, 0.3) is 0 Å². The van der Waals surface area contributed by atoms with E-state index in [1.54, 1.807) is 23.9 Å². The first kappa shape index (κ1) is 14.1. The molecular formula is C12H19FN2OS. The van der Waals surface area contributed by atoms with E-state index in [1.165, 1.54) is 13.2 Å². The fourth-order valence-corrected chi connectivity index (χ4v) is 2.01. The van der Waals surface area contributed by atoms with E-state index in [0.29, 0.717) is 6.54 Å². The summed E-state index contributed by atoms with van der Waals surface area (Å²) in [6, 6.07) is 4.94. The van der Waals surface area contributed by atoms with Crippen molar-refractivity contribution < 1.29 is 9.13 Å². The number of thioether (sulfide) groups is 1. The monoisotopic (exact) mass is 258 g/mol. The molecule has 0 saturated carbocycles. The molecule has 1 rings (SSSR count). The molecule has 0 bridgehead atoms. The molecule has 0 saturated heterocycles. The number of nitrogens with one attached hydrogen (secondary N) is 1. The highest BCUT2D eigenvalue weighted by atomic mass is 32.2. The summed E-state index contributed by atoms with van der Waals surface area (Å²) in [7, 11) is 1.45. The van der Waals surface area contributed by atoms with Crippen LogP contribution in [-0.2, 0) is 0 Å². The summed E-state index contributed by atoms with van der Waals surface area (Å²) in [5.41, 5.74) is 6.52. The number of nitrogens with two attached hydrogens (primary N) is 1. The van der Waals surface area contributed by atoms with E-state index in [1.807, 2.05) is 0 Å². The lowest BCUT2D eigenvalue weighted by molar-refractivity contribution is 0.386. The topological polar surface area (TPSA) is 47.3 Å². The molecule has 1 unspecified atom stereocenters. The Bertz CT molecular complexity index is 349. The number of ether oxygens (including phenoxy) is 1. The minimum absolute atomic E-state index is 0.206. The lowest BCUT2D eigenvalue weighted by atomic mass is 10.2. The quantitative estimate of drug-likeness (QED) is 0.788. The van der Waals surface area contributed by atoms with Crippen LogP contribution in [0, 0.1) is 5.82 Å². The van der Waals surface area contributed by atoms with Gasteiger partial charge in [-0.25, -0.2) is 4.39 Å². The van der Waals surface area contributed by atoms with Crippen molar-refractivity contribution in [3.8, 4) is 5.75 Å². The highest BCUT2D eigenvalue weighted by molar-refractivity contribution is 7.98. The summed E-state index contributed by atoms with van der Waals surface area (Å²) in [5, 5.41) is 3.28. The van der Waals surface area contributed by atoms with E-state index >= 15 is 0 Å². The molecule has 0 aromatic heterocycles. The van der Waals surface area contributed by atoms with Crippen LogP contribution in [0.2, 0.25) is 0 Å². The van der Waals surface area contributed by atoms with E-state index in [4.69, 9.17) is 10.5 Å². The average Bonchev–Trinajstić information content (AvgIpc) is 2.36. The zero-order chi connectivity index (χ0) is 12.7. The van der Waals surface area contributed by atoms with Crippen molar-refractivity contribution in [3.63, 3.8) is 0 Å². The van der Waals surface area contributed by atoms with E-state index in [9.17, 15) is 4.39 Å². The van der Waals surface area contributed by atoms with Crippen LogP contribution in [0.5, 0.6) is 5.75 Å². The fraction of sp³-hybridized carbons (Fsp3) is 0.500. The van der Waals surface area contributed by atoms with Gasteiger partial charge in [-0.2, -0.15) is 11.8 Å². The first-order valence-corrected chi connectivity index (χ1v) is 6.89. The molecule has 0 aliphatic rings. The third kappa shape index (κ3) is 4.44. The Labute approximate surface area is 106 Å². The fourth-order valence-electron chi connectivity index (χ4n) is 1.49. The summed E-state index contributed by atoms with van der Waals surface area (Å²) >= 11 is 1.79. The lowest BCUT2D eigenvalue weighted by Gasteiger charge is -2.18. The van der Waals surface area contributed by atoms with Gasteiger partial charge < -0.3 is 15.8 Å². The van der Waals surface area contributed by atoms with Crippen molar-refractivity contribution in [1.82, 2.24) is 0 Å². The van der Waals surface area contributed by atoms with Gasteiger partial charge in [0.1, 0.15) is 0 Å². The van der Waals surface area contributed by atoms with Gasteiger partial charge in [-0.05, 0) is 30.6 Å². The van der Waals surface area contributed by atoms with Crippen molar-refractivity contribution in [3.05, 3.63) is 24.0 Å². The van der Waals surface area contributed by atoms with Crippen LogP contribution in [0.4, 0.5) is 10.1 Å². The van der Waals surface area contributed by atoms with Gasteiger partial charge in [0.25, 0.3) is 0 Å². The van der Waals surface area contributed by atoms with Gasteiger partial charge in [0.2, 0.25) is 0 Å². The van der Waals surface area contributed by atoms with E-state index in [0.717, 1.165) is 17.9 Å². The molecule has 0 amide bonds. The van der Waals surface area contributed by atoms with Crippen molar-refractivity contribution in [1.29, 1.82) is 0 Å². The normalized spacial score (nSPS) is 12.2. The molecule has 5 heteroatoms. The van der Waals surface area contributed by atoms with Gasteiger partial charge in [-0.1, -0.05) is 0 Å². The van der Waals surface area contributed by atoms with Gasteiger partial charge in [0.05, 0.1) is 7.11 Å². The number of methoxy groups -OCH3 is 1. The molecule has 96 valence electrons. The SMILES string of the molecule is COc1cc(NC(CN)CCSC)ccc1F. The predicted molar refractivity (Wildman–Crippen MR) is 72.4 cm³/mol. The Morgan fingerprint density at radius 3 is 2.88 bits per heavy atom. The third-order valence-electron chi connectivity index (χ3n) is 2.48. The molecule has 1 aromatic rings. The predicted octanol–water partition coefficient (Wildman–Crippen LogP) is 2.33. The summed E-state index contributed by atoms with van der Waals surface area (Å²) in [5.74, 6) is 0.940. The number of hydrogen-bond donors (Lipinski definition) is 2. The number of hydrogen-bond acceptors (Lipinski definition) is 4. The summed E-state index contributed by atoms with van der Waals surface area (Å²) in [6.07, 6.45) is 3.05. The van der Waals surface area contributed by atoms with Crippen molar-refractivity contribution >= 4 is 17.4 Å². The molecule has 17 heavy (non-hydrogen) atoms. The van der Waals surface area contributed by atoms with Gasteiger partial charge in [-0.15, -0.1) is 0 Å². The Morgan fingerprint density at radius 2 is 2.29 bits per heavy atom. The average molecular weight is 258 g/mol. The first-order valence-electron chi connectivity index (χ1n) is 5.50. The first-order chi connectivity index (χ1) is 8.21. The molecule has 0 fully saturated rings. The number of anilines is 1. The van der Waals surface area contributed by atoms with Gasteiger partial charge in [0, 0.05) is 24.3 Å². The van der Waals surface area contributed by atoms with Crippen molar-refractivity contribution in [2.45, 2.75) is 12.5 Å². The molecule has 3 N–H and O–H groups in total. The van der Waals surface area contributed by atoms with E-state index in [-0.39, 0.29) is 17.6 Å². The third-order valence-corrected chi connectivity index (χ3v) is 3.12. The van der Waals surface area contributed by atoms with Crippen LogP contribution in [0.1, 0.15) is 6.42 Å². The molecule has 1 aromatic carbocycles. The zero-order valence-corrected chi connectivity index (χ0v) is 11.0. The Hall–Kier alpha value is -0.940. The van der Waals surface area contributed by atoms with Crippen molar-refractivity contribution in [2.24, 2.45) is 5.73 Å². The molecule has 0 aliphatic carbocycles. The second-order valence-electron chi connectivity index (χ2n) is 3.71. The van der Waals surface area contributed by atoms with Crippen LogP contribution in [-0.4, -0.2) is 31.7 Å². The van der Waals surface area contributed by atoms with Crippen LogP contribution < -0.4 is 15.8 Å². The number of rotatable bonds is 7. The molecule has 0 radical (unpaired) electrons. The lowest BCUT2D eigenvalue weighted by Crippen LogP contribution is -2.29. The Kier molecular flexibility index (Phi) is 6.15. The van der Waals surface area contributed by atoms with Gasteiger partial charge in [-0.3, -0.25) is 0 Å². The van der Waals surface area contributed by atoms with Gasteiger partial charge in [0.15, 0.2) is 11.6 Å². The summed E-state index contributed by atoms with van der Waals surface area (Å²) in [6.45, 7) is 0.556. The highest BCUT2D eigenvalue weighted by Gasteiger charge is 2.08. The molecular weight excluding hydrogens is 239 g/mol. The van der Waals surface area contributed by atoms with E-state index < -0.39 is 0 Å². The molecule has 0 spiro atoms. The largest absolute Gasteiger partial charge is 0.494 e. The Morgan fingerprint density at radius 1 is 1.53 bits per heavy atom. The van der Waals surface area contributed by atoms with Crippen LogP contribution in [0.15, 0.2) is 18.2 Å². The molecule has 3 nitrogen and oxygen atoms in total. The molecule has 1 atom stereocenters. The summed E-state index contributed by atoms with van der Waals surface area (Å²) < 4.78 is 18.1. The van der Waals surface area contributed by atoms with Crippen molar-refractivity contribution in [2.75, 3.05) is 31.0 Å². The molecule has 0 aliphatic heterocycles. The number of benzene rings is 1. The smallest absolute Gasteiger partial charge is 0.165 e. The minimum atomic E-state index is -0.355. The maximum absolute atomic E-state index is 13.2. The zero-order valence-electron chi connectivity index (χ0n) is 10.2. The minimum Gasteiger partial charge on any atom is -0.494 e. The van der Waals surface area contributed by atoms with Crippen LogP contribution in [0.3, 0.4) is 0 Å². The summed E-state index contributed by atoms with van der Waals surface area (Å²) in [4.78, 5) is 0. The number of halogens is 1. The maximum atomic E-state index is 13.2. The standard InChI is InChI=1S/C12H19FN2OS/c1-16-12-7-9(3-4-11(12)13)15-10(8-14)5-6-17-2/h3-4,7,10,15H,5-6,8,14H2,1-2H3. The van der Waals surface area contributed by atoms with Gasteiger partial charge >= 0.3 is 0 Å².